The summed E-state index contributed by atoms with van der Waals surface area (Å²) < 4.78 is 12.0. The number of carbonyl (C=O) groups is 1. The van der Waals surface area contributed by atoms with Crippen LogP contribution in [0.2, 0.25) is 0 Å². The Morgan fingerprint density at radius 2 is 1.74 bits per heavy atom. The summed E-state index contributed by atoms with van der Waals surface area (Å²) in [5.74, 6) is 0.573. The number of fused-ring (bicyclic) bond motifs is 1. The molecule has 0 aliphatic rings. The Morgan fingerprint density at radius 3 is 2.39 bits per heavy atom. The number of non-ortho nitro benzene ring substituents is 1. The smallest absolute Gasteiger partial charge is 0.270 e. The minimum Gasteiger partial charge on any atom is -0.490 e. The van der Waals surface area contributed by atoms with E-state index in [4.69, 9.17) is 9.15 Å². The number of unbranched alkanes of at least 4 members (excludes halogenated alkanes) is 3. The van der Waals surface area contributed by atoms with Crippen molar-refractivity contribution in [1.82, 2.24) is 4.90 Å². The first-order chi connectivity index (χ1) is 18.4. The van der Waals surface area contributed by atoms with Gasteiger partial charge in [0.15, 0.2) is 0 Å². The Balaban J connectivity index is 1.85. The quantitative estimate of drug-likeness (QED) is 0.121. The van der Waals surface area contributed by atoms with Gasteiger partial charge in [-0.05, 0) is 50.6 Å². The molecule has 2 aromatic carbocycles. The van der Waals surface area contributed by atoms with Crippen molar-refractivity contribution in [2.45, 2.75) is 71.8 Å². The van der Waals surface area contributed by atoms with E-state index >= 15 is 0 Å². The highest BCUT2D eigenvalue weighted by atomic mass is 16.6. The van der Waals surface area contributed by atoms with Crippen LogP contribution >= 0.6 is 0 Å². The third-order valence-corrected chi connectivity index (χ3v) is 6.63. The molecule has 1 N–H and O–H groups in total. The standard InChI is InChI=1S/C30H40N2O6/c1-4-7-13-28-29(25-19-22(32(35)36)15-16-27(25)38-28)30(34)24-12-10-11-14-26(24)37-21-23(33)20-31(17-8-5-2)18-9-6-3/h10-12,14-16,19,23,33H,4-9,13,17-18,20-21H2,1-3H3. The van der Waals surface area contributed by atoms with Gasteiger partial charge in [0.05, 0.1) is 16.1 Å². The van der Waals surface area contributed by atoms with Crippen LogP contribution in [0.25, 0.3) is 11.0 Å². The molecule has 3 aromatic rings. The molecule has 38 heavy (non-hydrogen) atoms. The highest BCUT2D eigenvalue weighted by Gasteiger charge is 2.26. The van der Waals surface area contributed by atoms with Gasteiger partial charge < -0.3 is 19.2 Å². The average Bonchev–Trinajstić information content (AvgIpc) is 3.29. The lowest BCUT2D eigenvalue weighted by Crippen LogP contribution is -2.37. The number of ketones is 1. The lowest BCUT2D eigenvalue weighted by atomic mass is 9.97. The first-order valence-corrected chi connectivity index (χ1v) is 13.8. The Bertz CT molecular complexity index is 1200. The summed E-state index contributed by atoms with van der Waals surface area (Å²) in [4.78, 5) is 27.1. The highest BCUT2D eigenvalue weighted by molar-refractivity contribution is 6.18. The van der Waals surface area contributed by atoms with Gasteiger partial charge in [0.25, 0.3) is 5.69 Å². The minimum absolute atomic E-state index is 0.0549. The fraction of sp³-hybridized carbons (Fsp3) is 0.500. The van der Waals surface area contributed by atoms with Crippen molar-refractivity contribution in [1.29, 1.82) is 0 Å². The lowest BCUT2D eigenvalue weighted by molar-refractivity contribution is -0.384. The molecule has 0 aliphatic heterocycles. The lowest BCUT2D eigenvalue weighted by Gasteiger charge is -2.25. The maximum Gasteiger partial charge on any atom is 0.270 e. The molecule has 1 heterocycles. The van der Waals surface area contributed by atoms with Crippen LogP contribution < -0.4 is 4.74 Å². The molecule has 0 spiro atoms. The largest absolute Gasteiger partial charge is 0.490 e. The van der Waals surface area contributed by atoms with Gasteiger partial charge in [0.1, 0.15) is 29.8 Å². The zero-order chi connectivity index (χ0) is 27.5. The third-order valence-electron chi connectivity index (χ3n) is 6.63. The van der Waals surface area contributed by atoms with Crippen molar-refractivity contribution >= 4 is 22.4 Å². The van der Waals surface area contributed by atoms with Crippen LogP contribution in [-0.4, -0.2) is 53.1 Å². The number of para-hydroxylation sites is 1. The Labute approximate surface area is 224 Å². The molecule has 0 aliphatic carbocycles. The Hall–Kier alpha value is -3.23. The number of benzene rings is 2. The fourth-order valence-electron chi connectivity index (χ4n) is 4.52. The first kappa shape index (κ1) is 29.3. The minimum atomic E-state index is -0.704. The zero-order valence-electron chi connectivity index (χ0n) is 22.8. The van der Waals surface area contributed by atoms with Crippen LogP contribution in [0.1, 0.15) is 81.0 Å². The molecule has 0 amide bonds. The molecule has 206 valence electrons. The Kier molecular flexibility index (Phi) is 11.3. The predicted octanol–water partition coefficient (Wildman–Crippen LogP) is 6.56. The van der Waals surface area contributed by atoms with E-state index in [-0.39, 0.29) is 18.1 Å². The summed E-state index contributed by atoms with van der Waals surface area (Å²) in [5.41, 5.74) is 1.01. The fourth-order valence-corrected chi connectivity index (χ4v) is 4.52. The maximum atomic E-state index is 13.9. The van der Waals surface area contributed by atoms with Crippen LogP contribution in [0, 0.1) is 10.1 Å². The maximum absolute atomic E-state index is 13.9. The second-order valence-electron chi connectivity index (χ2n) is 9.74. The van der Waals surface area contributed by atoms with Gasteiger partial charge in [-0.3, -0.25) is 14.9 Å². The van der Waals surface area contributed by atoms with Gasteiger partial charge in [-0.1, -0.05) is 52.2 Å². The molecule has 0 radical (unpaired) electrons. The molecule has 1 unspecified atom stereocenters. The molecular formula is C30H40N2O6. The Morgan fingerprint density at radius 1 is 1.05 bits per heavy atom. The van der Waals surface area contributed by atoms with Crippen molar-refractivity contribution in [3.05, 3.63) is 69.5 Å². The van der Waals surface area contributed by atoms with Crippen LogP contribution in [0.3, 0.4) is 0 Å². The summed E-state index contributed by atoms with van der Waals surface area (Å²) in [6, 6.07) is 11.2. The molecule has 0 bridgehead atoms. The number of ether oxygens (including phenoxy) is 1. The second-order valence-corrected chi connectivity index (χ2v) is 9.74. The number of aliphatic hydroxyl groups excluding tert-OH is 1. The normalized spacial score (nSPS) is 12.2. The van der Waals surface area contributed by atoms with Crippen LogP contribution in [0.4, 0.5) is 5.69 Å². The van der Waals surface area contributed by atoms with E-state index in [1.165, 1.54) is 12.1 Å². The molecule has 3 rings (SSSR count). The number of nitrogens with zero attached hydrogens (tertiary/aromatic N) is 2. The van der Waals surface area contributed by atoms with Crippen LogP contribution in [-0.2, 0) is 6.42 Å². The SMILES string of the molecule is CCCCc1oc2ccc([N+](=O)[O-])cc2c1C(=O)c1ccccc1OCC(O)CN(CCCC)CCCC. The average molecular weight is 525 g/mol. The summed E-state index contributed by atoms with van der Waals surface area (Å²) in [5, 5.41) is 22.6. The monoisotopic (exact) mass is 524 g/mol. The molecule has 8 heteroatoms. The van der Waals surface area contributed by atoms with E-state index in [2.05, 4.69) is 25.7 Å². The van der Waals surface area contributed by atoms with E-state index in [1.807, 2.05) is 0 Å². The number of nitro benzene ring substituents is 1. The van der Waals surface area contributed by atoms with Gasteiger partial charge in [-0.2, -0.15) is 0 Å². The summed E-state index contributed by atoms with van der Waals surface area (Å²) in [6.07, 6.45) is 5.91. The predicted molar refractivity (Wildman–Crippen MR) is 149 cm³/mol. The molecule has 8 nitrogen and oxygen atoms in total. The van der Waals surface area contributed by atoms with Crippen molar-refractivity contribution in [3.63, 3.8) is 0 Å². The third kappa shape index (κ3) is 7.65. The molecular weight excluding hydrogens is 484 g/mol. The number of rotatable bonds is 17. The van der Waals surface area contributed by atoms with Crippen molar-refractivity contribution in [2.75, 3.05) is 26.2 Å². The van der Waals surface area contributed by atoms with Crippen molar-refractivity contribution < 1.29 is 24.0 Å². The summed E-state index contributed by atoms with van der Waals surface area (Å²) in [6.45, 7) is 8.79. The number of nitro groups is 1. The molecule has 0 saturated heterocycles. The van der Waals surface area contributed by atoms with E-state index in [0.717, 1.165) is 51.6 Å². The van der Waals surface area contributed by atoms with E-state index in [0.29, 0.717) is 46.6 Å². The number of hydrogen-bond donors (Lipinski definition) is 1. The van der Waals surface area contributed by atoms with Crippen molar-refractivity contribution in [2.24, 2.45) is 0 Å². The second kappa shape index (κ2) is 14.6. The van der Waals surface area contributed by atoms with Gasteiger partial charge in [0, 0.05) is 30.5 Å². The number of hydrogen-bond acceptors (Lipinski definition) is 7. The van der Waals surface area contributed by atoms with E-state index in [9.17, 15) is 20.0 Å². The molecule has 1 atom stereocenters. The summed E-state index contributed by atoms with van der Waals surface area (Å²) >= 11 is 0. The number of aliphatic hydroxyl groups is 1. The van der Waals surface area contributed by atoms with Gasteiger partial charge in [-0.25, -0.2) is 0 Å². The van der Waals surface area contributed by atoms with Crippen molar-refractivity contribution in [3.8, 4) is 5.75 Å². The molecule has 1 aromatic heterocycles. The number of furan rings is 1. The summed E-state index contributed by atoms with van der Waals surface area (Å²) in [7, 11) is 0. The number of aryl methyl sites for hydroxylation is 1. The highest BCUT2D eigenvalue weighted by Crippen LogP contribution is 2.34. The molecule has 0 saturated carbocycles. The van der Waals surface area contributed by atoms with Gasteiger partial charge in [0.2, 0.25) is 5.78 Å². The van der Waals surface area contributed by atoms with Crippen LogP contribution in [0.15, 0.2) is 46.9 Å². The van der Waals surface area contributed by atoms with E-state index < -0.39 is 11.0 Å². The van der Waals surface area contributed by atoms with Gasteiger partial charge >= 0.3 is 0 Å². The number of carbonyl (C=O) groups excluding carboxylic acids is 1. The topological polar surface area (TPSA) is 106 Å². The van der Waals surface area contributed by atoms with Gasteiger partial charge in [-0.15, -0.1) is 0 Å². The molecule has 0 fully saturated rings. The zero-order valence-corrected chi connectivity index (χ0v) is 22.8. The van der Waals surface area contributed by atoms with E-state index in [1.54, 1.807) is 30.3 Å². The van der Waals surface area contributed by atoms with Crippen LogP contribution in [0.5, 0.6) is 5.75 Å². The first-order valence-electron chi connectivity index (χ1n) is 13.8.